The van der Waals surface area contributed by atoms with E-state index in [2.05, 4.69) is 6.58 Å². The molecule has 0 aliphatic rings. The molecule has 0 spiro atoms. The molecule has 0 saturated heterocycles. The highest BCUT2D eigenvalue weighted by atomic mass is 16.2. The molecule has 0 radical (unpaired) electrons. The third kappa shape index (κ3) is 2.89. The van der Waals surface area contributed by atoms with Gasteiger partial charge in [0.1, 0.15) is 0 Å². The maximum absolute atomic E-state index is 11.8. The van der Waals surface area contributed by atoms with Crippen molar-refractivity contribution >= 4 is 23.1 Å². The second-order valence-electron chi connectivity index (χ2n) is 5.39. The molecule has 0 aliphatic carbocycles. The molecule has 0 N–H and O–H groups in total. The number of hydrogen-bond donors (Lipinski definition) is 0. The number of benzene rings is 1. The van der Waals surface area contributed by atoms with E-state index >= 15 is 0 Å². The van der Waals surface area contributed by atoms with E-state index < -0.39 is 0 Å². The first-order valence-corrected chi connectivity index (χ1v) is 6.87. The van der Waals surface area contributed by atoms with Crippen molar-refractivity contribution in [2.24, 2.45) is 7.05 Å². The molecule has 0 aliphatic heterocycles. The smallest absolute Gasteiger partial charge is 0.220 e. The first-order valence-electron chi connectivity index (χ1n) is 6.87. The third-order valence-electron chi connectivity index (χ3n) is 3.63. The second kappa shape index (κ2) is 5.95. The molecule has 1 amide bonds. The van der Waals surface area contributed by atoms with Crippen LogP contribution in [0.25, 0.3) is 10.9 Å². The zero-order chi connectivity index (χ0) is 15.6. The standard InChI is InChI=1S/C17H20N2O2/c1-12(2)9-19(13(3)21)10-15-14-7-5-6-8-16(14)18(4)17(15)11-20/h5-8,11H,1,9-10H2,2-4H3. The number of rotatable bonds is 5. The summed E-state index contributed by atoms with van der Waals surface area (Å²) in [6.07, 6.45) is 0.856. The SMILES string of the molecule is C=C(C)CN(Cc1c(C=O)n(C)c2ccccc12)C(C)=O. The quantitative estimate of drug-likeness (QED) is 0.626. The molecule has 0 atom stereocenters. The van der Waals surface area contributed by atoms with Crippen molar-refractivity contribution in [1.29, 1.82) is 0 Å². The number of amides is 1. The molecular formula is C17H20N2O2. The normalized spacial score (nSPS) is 10.6. The summed E-state index contributed by atoms with van der Waals surface area (Å²) in [6.45, 7) is 8.20. The minimum atomic E-state index is -0.0252. The fraction of sp³-hybridized carbons (Fsp3) is 0.294. The Morgan fingerprint density at radius 2 is 2.00 bits per heavy atom. The number of aromatic nitrogens is 1. The lowest BCUT2D eigenvalue weighted by Crippen LogP contribution is -2.30. The van der Waals surface area contributed by atoms with Crippen molar-refractivity contribution in [1.82, 2.24) is 9.47 Å². The van der Waals surface area contributed by atoms with E-state index in [1.807, 2.05) is 42.8 Å². The van der Waals surface area contributed by atoms with E-state index in [1.54, 1.807) is 4.90 Å². The van der Waals surface area contributed by atoms with Crippen LogP contribution in [0.2, 0.25) is 0 Å². The molecule has 1 aromatic carbocycles. The molecule has 1 heterocycles. The van der Waals surface area contributed by atoms with Crippen LogP contribution in [0.15, 0.2) is 36.4 Å². The molecule has 0 fully saturated rings. The number of para-hydroxylation sites is 1. The Morgan fingerprint density at radius 3 is 2.57 bits per heavy atom. The number of aldehydes is 1. The molecule has 2 rings (SSSR count). The van der Waals surface area contributed by atoms with Crippen LogP contribution in [0, 0.1) is 0 Å². The Kier molecular flexibility index (Phi) is 4.26. The number of carbonyl (C=O) groups excluding carboxylic acids is 2. The lowest BCUT2D eigenvalue weighted by molar-refractivity contribution is -0.129. The van der Waals surface area contributed by atoms with Crippen molar-refractivity contribution < 1.29 is 9.59 Å². The van der Waals surface area contributed by atoms with Crippen LogP contribution in [0.4, 0.5) is 0 Å². The van der Waals surface area contributed by atoms with Gasteiger partial charge in [-0.15, -0.1) is 0 Å². The molecule has 0 bridgehead atoms. The van der Waals surface area contributed by atoms with E-state index in [1.165, 1.54) is 6.92 Å². The molecular weight excluding hydrogens is 264 g/mol. The number of aryl methyl sites for hydroxylation is 1. The van der Waals surface area contributed by atoms with Gasteiger partial charge in [-0.2, -0.15) is 0 Å². The van der Waals surface area contributed by atoms with Gasteiger partial charge in [-0.25, -0.2) is 0 Å². The fourth-order valence-corrected chi connectivity index (χ4v) is 2.60. The van der Waals surface area contributed by atoms with Gasteiger partial charge in [0.2, 0.25) is 5.91 Å². The first kappa shape index (κ1) is 15.0. The summed E-state index contributed by atoms with van der Waals surface area (Å²) < 4.78 is 1.87. The van der Waals surface area contributed by atoms with Crippen LogP contribution in [0.3, 0.4) is 0 Å². The summed E-state index contributed by atoms with van der Waals surface area (Å²) >= 11 is 0. The van der Waals surface area contributed by atoms with Gasteiger partial charge in [-0.05, 0) is 13.0 Å². The lowest BCUT2D eigenvalue weighted by Gasteiger charge is -2.21. The highest BCUT2D eigenvalue weighted by Crippen LogP contribution is 2.25. The van der Waals surface area contributed by atoms with Crippen LogP contribution in [0.1, 0.15) is 29.9 Å². The van der Waals surface area contributed by atoms with Crippen molar-refractivity contribution in [2.45, 2.75) is 20.4 Å². The monoisotopic (exact) mass is 284 g/mol. The number of hydrogen-bond acceptors (Lipinski definition) is 2. The highest BCUT2D eigenvalue weighted by molar-refractivity contribution is 5.93. The minimum Gasteiger partial charge on any atom is -0.341 e. The van der Waals surface area contributed by atoms with Crippen LogP contribution in [0.5, 0.6) is 0 Å². The molecule has 21 heavy (non-hydrogen) atoms. The predicted octanol–water partition coefficient (Wildman–Crippen LogP) is 2.92. The average Bonchev–Trinajstić information content (AvgIpc) is 2.70. The van der Waals surface area contributed by atoms with E-state index in [0.29, 0.717) is 18.8 Å². The number of nitrogens with zero attached hydrogens (tertiary/aromatic N) is 2. The summed E-state index contributed by atoms with van der Waals surface area (Å²) in [5.74, 6) is -0.0252. The van der Waals surface area contributed by atoms with E-state index in [-0.39, 0.29) is 5.91 Å². The molecule has 0 unspecified atom stereocenters. The Labute approximate surface area is 124 Å². The van der Waals surface area contributed by atoms with Gasteiger partial charge in [-0.1, -0.05) is 30.4 Å². The Hall–Kier alpha value is -2.36. The van der Waals surface area contributed by atoms with Gasteiger partial charge in [-0.3, -0.25) is 9.59 Å². The van der Waals surface area contributed by atoms with Gasteiger partial charge in [0.25, 0.3) is 0 Å². The predicted molar refractivity (Wildman–Crippen MR) is 84.2 cm³/mol. The maximum Gasteiger partial charge on any atom is 0.220 e. The molecule has 1 aromatic heterocycles. The van der Waals surface area contributed by atoms with Gasteiger partial charge < -0.3 is 9.47 Å². The van der Waals surface area contributed by atoms with Crippen LogP contribution >= 0.6 is 0 Å². The number of carbonyl (C=O) groups is 2. The summed E-state index contributed by atoms with van der Waals surface area (Å²) in [5, 5.41) is 1.01. The van der Waals surface area contributed by atoms with Crippen LogP contribution in [-0.2, 0) is 18.4 Å². The molecule has 0 saturated carbocycles. The lowest BCUT2D eigenvalue weighted by atomic mass is 10.1. The van der Waals surface area contributed by atoms with Crippen molar-refractivity contribution in [3.8, 4) is 0 Å². The fourth-order valence-electron chi connectivity index (χ4n) is 2.60. The van der Waals surface area contributed by atoms with Gasteiger partial charge in [0, 0.05) is 43.5 Å². The molecule has 2 aromatic rings. The van der Waals surface area contributed by atoms with Crippen molar-refractivity contribution in [2.75, 3.05) is 6.54 Å². The number of fused-ring (bicyclic) bond motifs is 1. The maximum atomic E-state index is 11.8. The first-order chi connectivity index (χ1) is 9.95. The highest BCUT2D eigenvalue weighted by Gasteiger charge is 2.18. The Balaban J connectivity index is 2.52. The van der Waals surface area contributed by atoms with Crippen molar-refractivity contribution in [3.63, 3.8) is 0 Å². The average molecular weight is 284 g/mol. The minimum absolute atomic E-state index is 0.0252. The second-order valence-corrected chi connectivity index (χ2v) is 5.39. The molecule has 110 valence electrons. The summed E-state index contributed by atoms with van der Waals surface area (Å²) in [4.78, 5) is 25.0. The molecule has 4 heteroatoms. The Bertz CT molecular complexity index is 713. The van der Waals surface area contributed by atoms with E-state index in [4.69, 9.17) is 0 Å². The summed E-state index contributed by atoms with van der Waals surface area (Å²) in [6, 6.07) is 7.84. The Morgan fingerprint density at radius 1 is 1.33 bits per heavy atom. The van der Waals surface area contributed by atoms with E-state index in [9.17, 15) is 9.59 Å². The summed E-state index contributed by atoms with van der Waals surface area (Å²) in [7, 11) is 1.87. The van der Waals surface area contributed by atoms with Crippen LogP contribution < -0.4 is 0 Å². The summed E-state index contributed by atoms with van der Waals surface area (Å²) in [5.41, 5.74) is 3.41. The zero-order valence-electron chi connectivity index (χ0n) is 12.7. The van der Waals surface area contributed by atoms with Crippen molar-refractivity contribution in [3.05, 3.63) is 47.7 Å². The van der Waals surface area contributed by atoms with E-state index in [0.717, 1.165) is 28.3 Å². The van der Waals surface area contributed by atoms with Gasteiger partial charge >= 0.3 is 0 Å². The van der Waals surface area contributed by atoms with Gasteiger partial charge in [0.15, 0.2) is 6.29 Å². The largest absolute Gasteiger partial charge is 0.341 e. The van der Waals surface area contributed by atoms with Crippen LogP contribution in [-0.4, -0.2) is 28.2 Å². The zero-order valence-corrected chi connectivity index (χ0v) is 12.7. The molecule has 4 nitrogen and oxygen atoms in total. The van der Waals surface area contributed by atoms with Gasteiger partial charge in [0.05, 0.1) is 5.69 Å². The topological polar surface area (TPSA) is 42.3 Å². The third-order valence-corrected chi connectivity index (χ3v) is 3.63.